The van der Waals surface area contributed by atoms with Gasteiger partial charge in [-0.2, -0.15) is 15.0 Å². The molecule has 2 aliphatic heterocycles. The number of nitrogens with zero attached hydrogens (tertiary/aromatic N) is 5. The Labute approximate surface area is 235 Å². The number of benzene rings is 2. The molecule has 216 valence electrons. The minimum atomic E-state index is -1.02. The Morgan fingerprint density at radius 2 is 1.12 bits per heavy atom. The third-order valence-electron chi connectivity index (χ3n) is 5.99. The number of carboxylic acids is 1. The minimum absolute atomic E-state index is 0.147. The van der Waals surface area contributed by atoms with E-state index in [0.717, 1.165) is 5.56 Å². The molecule has 0 aliphatic carbocycles. The van der Waals surface area contributed by atoms with E-state index >= 15 is 0 Å². The van der Waals surface area contributed by atoms with Crippen LogP contribution in [0.1, 0.15) is 10.4 Å². The Bertz CT molecular complexity index is 1300. The van der Waals surface area contributed by atoms with Gasteiger partial charge >= 0.3 is 18.0 Å². The Balaban J connectivity index is 0.000000909. The van der Waals surface area contributed by atoms with Gasteiger partial charge in [0.05, 0.1) is 32.0 Å². The lowest BCUT2D eigenvalue weighted by molar-refractivity contribution is 0.0697. The Kier molecular flexibility index (Phi) is 9.80. The van der Waals surface area contributed by atoms with E-state index in [9.17, 15) is 9.59 Å². The first-order valence-electron chi connectivity index (χ1n) is 12.8. The van der Waals surface area contributed by atoms with Gasteiger partial charge in [0.1, 0.15) is 0 Å². The number of primary amides is 2. The van der Waals surface area contributed by atoms with E-state index in [4.69, 9.17) is 34.3 Å². The molecule has 15 nitrogen and oxygen atoms in total. The van der Waals surface area contributed by atoms with Crippen LogP contribution < -0.4 is 31.9 Å². The minimum Gasteiger partial charge on any atom is -0.478 e. The largest absolute Gasteiger partial charge is 0.478 e. The lowest BCUT2D eigenvalue weighted by Crippen LogP contribution is -2.40. The summed E-state index contributed by atoms with van der Waals surface area (Å²) in [4.78, 5) is 50.8. The fourth-order valence-corrected chi connectivity index (χ4v) is 3.98. The van der Waals surface area contributed by atoms with Crippen LogP contribution in [0.3, 0.4) is 0 Å². The fraction of sp³-hybridized carbons (Fsp3) is 0.308. The van der Waals surface area contributed by atoms with Crippen LogP contribution in [0.15, 0.2) is 48.5 Å². The summed E-state index contributed by atoms with van der Waals surface area (Å²) in [5.74, 6) is 0.756. The number of amides is 4. The fourth-order valence-electron chi connectivity index (χ4n) is 3.98. The van der Waals surface area contributed by atoms with Gasteiger partial charge in [-0.05, 0) is 48.5 Å². The van der Waals surface area contributed by atoms with Gasteiger partial charge in [0.2, 0.25) is 11.9 Å². The van der Waals surface area contributed by atoms with Crippen LogP contribution in [-0.4, -0.2) is 90.7 Å². The number of rotatable bonds is 6. The van der Waals surface area contributed by atoms with Crippen LogP contribution in [-0.2, 0) is 9.47 Å². The van der Waals surface area contributed by atoms with Crippen molar-refractivity contribution in [3.05, 3.63) is 54.1 Å². The molecule has 1 aromatic heterocycles. The number of carboxylic acid groups (broad SMARTS) is 1. The zero-order chi connectivity index (χ0) is 29.2. The van der Waals surface area contributed by atoms with Crippen molar-refractivity contribution < 1.29 is 29.0 Å². The van der Waals surface area contributed by atoms with Crippen molar-refractivity contribution in [3.63, 3.8) is 0 Å². The molecular weight excluding hydrogens is 534 g/mol. The summed E-state index contributed by atoms with van der Waals surface area (Å²) >= 11 is 0. The molecule has 2 fully saturated rings. The second-order valence-corrected chi connectivity index (χ2v) is 8.90. The van der Waals surface area contributed by atoms with Crippen molar-refractivity contribution in [2.24, 2.45) is 11.5 Å². The molecule has 5 rings (SSSR count). The highest BCUT2D eigenvalue weighted by atomic mass is 16.5. The summed E-state index contributed by atoms with van der Waals surface area (Å²) in [6, 6.07) is 11.9. The highest BCUT2D eigenvalue weighted by molar-refractivity contribution is 6.00. The number of aromatic carboxylic acids is 1. The number of carbonyl (C=O) groups is 3. The van der Waals surface area contributed by atoms with E-state index < -0.39 is 18.0 Å². The van der Waals surface area contributed by atoms with E-state index in [1.807, 2.05) is 12.1 Å². The average molecular weight is 566 g/mol. The van der Waals surface area contributed by atoms with Crippen LogP contribution in [0.2, 0.25) is 0 Å². The molecule has 0 spiro atoms. The summed E-state index contributed by atoms with van der Waals surface area (Å²) in [5.41, 5.74) is 10.5. The van der Waals surface area contributed by atoms with Crippen molar-refractivity contribution in [2.75, 3.05) is 73.0 Å². The summed E-state index contributed by atoms with van der Waals surface area (Å²) in [7, 11) is 0. The van der Waals surface area contributed by atoms with Crippen LogP contribution in [0.25, 0.3) is 11.4 Å². The quantitative estimate of drug-likeness (QED) is 0.289. The van der Waals surface area contributed by atoms with Crippen molar-refractivity contribution >= 4 is 41.3 Å². The molecule has 4 amide bonds. The van der Waals surface area contributed by atoms with E-state index in [2.05, 4.69) is 31.9 Å². The van der Waals surface area contributed by atoms with E-state index in [-0.39, 0.29) is 5.56 Å². The van der Waals surface area contributed by atoms with Gasteiger partial charge in [0.15, 0.2) is 5.82 Å². The molecule has 41 heavy (non-hydrogen) atoms. The zero-order valence-electron chi connectivity index (χ0n) is 22.2. The maximum atomic E-state index is 12.4. The van der Waals surface area contributed by atoms with Gasteiger partial charge < -0.3 is 46.5 Å². The first-order valence-corrected chi connectivity index (χ1v) is 12.8. The van der Waals surface area contributed by atoms with Gasteiger partial charge in [-0.25, -0.2) is 14.4 Å². The van der Waals surface area contributed by atoms with E-state index in [0.29, 0.717) is 81.7 Å². The predicted octanol–water partition coefficient (Wildman–Crippen LogP) is 1.58. The molecule has 3 heterocycles. The van der Waals surface area contributed by atoms with Crippen molar-refractivity contribution in [2.45, 2.75) is 0 Å². The summed E-state index contributed by atoms with van der Waals surface area (Å²) in [6.45, 7) is 5.35. The van der Waals surface area contributed by atoms with Gasteiger partial charge in [0, 0.05) is 43.1 Å². The molecule has 0 saturated carbocycles. The highest BCUT2D eigenvalue weighted by Gasteiger charge is 2.21. The lowest BCUT2D eigenvalue weighted by atomic mass is 10.2. The van der Waals surface area contributed by atoms with Gasteiger partial charge in [-0.1, -0.05) is 0 Å². The number of anilines is 4. The number of urea groups is 2. The first-order chi connectivity index (χ1) is 19.8. The molecule has 0 bridgehead atoms. The van der Waals surface area contributed by atoms with Crippen LogP contribution in [0, 0.1) is 0 Å². The molecule has 2 aliphatic rings. The average Bonchev–Trinajstić information content (AvgIpc) is 2.98. The monoisotopic (exact) mass is 565 g/mol. The molecule has 0 atom stereocenters. The number of carbonyl (C=O) groups excluding carboxylic acids is 2. The normalized spacial score (nSPS) is 14.8. The Morgan fingerprint density at radius 3 is 1.54 bits per heavy atom. The number of hydrogen-bond donors (Lipinski definition) is 5. The smallest absolute Gasteiger partial charge is 0.335 e. The standard InChI is InChI=1S/C25H27N7O5.CH4N2O/c33-22(34)18-3-7-20(8-4-18)27-25(35)26-19-5-1-17(2-6-19)21-28-23(31-9-13-36-14-10-31)30-24(29-21)32-11-15-37-16-12-32;2-1(3)4/h1-8H,9-16H2,(H,33,34)(H2,26,27,35);(H4,2,3,4). The lowest BCUT2D eigenvalue weighted by Gasteiger charge is -2.30. The van der Waals surface area contributed by atoms with Gasteiger partial charge in [-0.3, -0.25) is 0 Å². The number of nitrogens with two attached hydrogens (primary N) is 2. The maximum Gasteiger partial charge on any atom is 0.335 e. The summed E-state index contributed by atoms with van der Waals surface area (Å²) in [5, 5.41) is 14.4. The number of aromatic nitrogens is 3. The highest BCUT2D eigenvalue weighted by Crippen LogP contribution is 2.24. The third kappa shape index (κ3) is 8.48. The topological polar surface area (TPSA) is 211 Å². The third-order valence-corrected chi connectivity index (χ3v) is 5.99. The summed E-state index contributed by atoms with van der Waals surface area (Å²) in [6.07, 6.45) is 0. The van der Waals surface area contributed by atoms with Crippen LogP contribution in [0.5, 0.6) is 0 Å². The van der Waals surface area contributed by atoms with Crippen LogP contribution in [0.4, 0.5) is 32.9 Å². The van der Waals surface area contributed by atoms with Crippen molar-refractivity contribution in [1.82, 2.24) is 15.0 Å². The second-order valence-electron chi connectivity index (χ2n) is 8.90. The van der Waals surface area contributed by atoms with Gasteiger partial charge in [0.25, 0.3) is 0 Å². The Hall–Kier alpha value is -5.02. The number of ether oxygens (including phenoxy) is 2. The first kappa shape index (κ1) is 29.0. The predicted molar refractivity (Wildman–Crippen MR) is 151 cm³/mol. The molecule has 3 aromatic rings. The molecule has 0 radical (unpaired) electrons. The van der Waals surface area contributed by atoms with Crippen LogP contribution >= 0.6 is 0 Å². The molecule has 2 saturated heterocycles. The second kappa shape index (κ2) is 13.9. The van der Waals surface area contributed by atoms with E-state index in [1.54, 1.807) is 12.1 Å². The SMILES string of the molecule is NC(N)=O.O=C(Nc1ccc(C(=O)O)cc1)Nc1ccc(-c2nc(N3CCOCC3)nc(N3CCOCC3)n2)cc1. The van der Waals surface area contributed by atoms with Crippen molar-refractivity contribution in [1.29, 1.82) is 0 Å². The summed E-state index contributed by atoms with van der Waals surface area (Å²) < 4.78 is 11.0. The molecule has 7 N–H and O–H groups in total. The Morgan fingerprint density at radius 1 is 0.707 bits per heavy atom. The molecule has 0 unspecified atom stereocenters. The molecule has 2 aromatic carbocycles. The van der Waals surface area contributed by atoms with E-state index in [1.165, 1.54) is 24.3 Å². The zero-order valence-corrected chi connectivity index (χ0v) is 22.2. The van der Waals surface area contributed by atoms with Gasteiger partial charge in [-0.15, -0.1) is 0 Å². The number of hydrogen-bond acceptors (Lipinski definition) is 10. The number of nitrogens with one attached hydrogen (secondary N) is 2. The number of morpholine rings is 2. The molecule has 15 heteroatoms. The molecular formula is C26H31N9O6. The maximum absolute atomic E-state index is 12.4. The van der Waals surface area contributed by atoms with Crippen molar-refractivity contribution in [3.8, 4) is 11.4 Å².